The Labute approximate surface area is 115 Å². The van der Waals surface area contributed by atoms with Crippen molar-refractivity contribution < 1.29 is 4.79 Å². The largest absolute Gasteiger partial charge is 0.384 e. The molecule has 1 aromatic carbocycles. The van der Waals surface area contributed by atoms with Crippen LogP contribution in [-0.4, -0.2) is 15.7 Å². The fourth-order valence-corrected chi connectivity index (χ4v) is 1.59. The molecule has 0 saturated carbocycles. The molecule has 92 valence electrons. The number of hydrogen-bond donors (Lipinski definition) is 3. The van der Waals surface area contributed by atoms with E-state index in [1.807, 2.05) is 32.0 Å². The summed E-state index contributed by atoms with van der Waals surface area (Å²) in [5.74, 6) is 0.0595. The van der Waals surface area contributed by atoms with Crippen molar-refractivity contribution in [1.29, 1.82) is 5.41 Å². The first-order chi connectivity index (χ1) is 7.91. The van der Waals surface area contributed by atoms with E-state index in [2.05, 4.69) is 5.32 Å². The van der Waals surface area contributed by atoms with Crippen molar-refractivity contribution in [3.05, 3.63) is 34.9 Å². The van der Waals surface area contributed by atoms with Crippen LogP contribution in [0, 0.1) is 12.3 Å². The van der Waals surface area contributed by atoms with E-state index in [1.54, 1.807) is 22.6 Å². The first-order valence-corrected chi connectivity index (χ1v) is 6.36. The predicted molar refractivity (Wildman–Crippen MR) is 77.5 cm³/mol. The molecule has 0 aliphatic rings. The molecule has 5 heteroatoms. The maximum Gasteiger partial charge on any atom is 0.208 e. The van der Waals surface area contributed by atoms with Gasteiger partial charge in [-0.05, 0) is 31.0 Å². The van der Waals surface area contributed by atoms with Gasteiger partial charge in [-0.25, -0.2) is 0 Å². The maximum absolute atomic E-state index is 11.1. The van der Waals surface area contributed by atoms with Crippen LogP contribution in [0.4, 0.5) is 0 Å². The fourth-order valence-electron chi connectivity index (χ4n) is 1.37. The lowest BCUT2D eigenvalue weighted by Gasteiger charge is -2.12. The molecule has 1 rings (SSSR count). The van der Waals surface area contributed by atoms with Gasteiger partial charge in [-0.2, -0.15) is 0 Å². The van der Waals surface area contributed by atoms with Gasteiger partial charge in [-0.15, -0.1) is 0 Å². The summed E-state index contributed by atoms with van der Waals surface area (Å²) in [5.41, 5.74) is 8.33. The van der Waals surface area contributed by atoms with E-state index < -0.39 is 0 Å². The Balaban J connectivity index is 2.79. The third-order valence-electron chi connectivity index (χ3n) is 2.60. The molecule has 0 fully saturated rings. The number of halogens is 1. The highest BCUT2D eigenvalue weighted by Gasteiger charge is 2.09. The molecule has 0 aliphatic heterocycles. The smallest absolute Gasteiger partial charge is 0.208 e. The molecule has 0 heterocycles. The van der Waals surface area contributed by atoms with E-state index in [-0.39, 0.29) is 15.7 Å². The number of nitrogen functional groups attached to an aromatic ring is 1. The summed E-state index contributed by atoms with van der Waals surface area (Å²) >= 11 is 1.78. The van der Waals surface area contributed by atoms with Gasteiger partial charge in [0, 0.05) is 34.7 Å². The quantitative estimate of drug-likeness (QED) is 0.329. The van der Waals surface area contributed by atoms with Crippen LogP contribution in [0.1, 0.15) is 23.6 Å². The number of amidine groups is 1. The number of nitrogens with one attached hydrogen (secondary N) is 2. The van der Waals surface area contributed by atoms with Crippen LogP contribution in [0.2, 0.25) is 0 Å². The van der Waals surface area contributed by atoms with Crippen LogP contribution >= 0.6 is 22.6 Å². The van der Waals surface area contributed by atoms with Crippen molar-refractivity contribution in [2.45, 2.75) is 26.4 Å². The molecule has 0 spiro atoms. The normalized spacial score (nSPS) is 12.2. The van der Waals surface area contributed by atoms with Crippen LogP contribution in [0.5, 0.6) is 0 Å². The highest BCUT2D eigenvalue weighted by molar-refractivity contribution is 14.1. The SMILES string of the molecule is Cc1ccc(C(=N)N)cc1CN[C@@H](C)C(=O)I. The van der Waals surface area contributed by atoms with Gasteiger partial charge in [0.15, 0.2) is 0 Å². The van der Waals surface area contributed by atoms with Gasteiger partial charge in [0.25, 0.3) is 0 Å². The summed E-state index contributed by atoms with van der Waals surface area (Å²) in [6.07, 6.45) is 0. The number of carbonyl (C=O) groups is 1. The summed E-state index contributed by atoms with van der Waals surface area (Å²) in [4.78, 5) is 11.1. The molecule has 4 N–H and O–H groups in total. The molecule has 0 bridgehead atoms. The summed E-state index contributed by atoms with van der Waals surface area (Å²) in [5, 5.41) is 10.5. The van der Waals surface area contributed by atoms with Gasteiger partial charge in [-0.1, -0.05) is 12.1 Å². The Morgan fingerprint density at radius 3 is 2.76 bits per heavy atom. The molecule has 0 unspecified atom stereocenters. The van der Waals surface area contributed by atoms with Crippen LogP contribution in [0.3, 0.4) is 0 Å². The Morgan fingerprint density at radius 1 is 1.59 bits per heavy atom. The highest BCUT2D eigenvalue weighted by atomic mass is 127. The van der Waals surface area contributed by atoms with Crippen LogP contribution in [0.15, 0.2) is 18.2 Å². The molecule has 0 aromatic heterocycles. The second-order valence-electron chi connectivity index (χ2n) is 3.96. The summed E-state index contributed by atoms with van der Waals surface area (Å²) < 4.78 is 0.0861. The maximum atomic E-state index is 11.1. The Bertz CT molecular complexity index is 445. The molecule has 0 aliphatic carbocycles. The monoisotopic (exact) mass is 345 g/mol. The van der Waals surface area contributed by atoms with Crippen molar-refractivity contribution in [3.63, 3.8) is 0 Å². The minimum atomic E-state index is -0.170. The molecule has 0 saturated heterocycles. The molecule has 0 radical (unpaired) electrons. The number of nitrogens with two attached hydrogens (primary N) is 1. The zero-order valence-electron chi connectivity index (χ0n) is 9.88. The standard InChI is InChI=1S/C12H16IN3O/c1-7-3-4-9(12(14)15)5-10(7)6-16-8(2)11(13)17/h3-5,8,16H,6H2,1-2H3,(H3,14,15)/t8-/m0/s1. The van der Waals surface area contributed by atoms with Crippen LogP contribution in [0.25, 0.3) is 0 Å². The first-order valence-electron chi connectivity index (χ1n) is 5.28. The Morgan fingerprint density at radius 2 is 2.24 bits per heavy atom. The first kappa shape index (κ1) is 14.1. The molecule has 0 amide bonds. The lowest BCUT2D eigenvalue weighted by atomic mass is 10.0. The van der Waals surface area contributed by atoms with Crippen LogP contribution in [-0.2, 0) is 11.3 Å². The lowest BCUT2D eigenvalue weighted by molar-refractivity contribution is -0.110. The van der Waals surface area contributed by atoms with Gasteiger partial charge in [0.1, 0.15) is 5.84 Å². The molecule has 17 heavy (non-hydrogen) atoms. The second-order valence-corrected chi connectivity index (χ2v) is 5.02. The van der Waals surface area contributed by atoms with E-state index >= 15 is 0 Å². The Hall–Kier alpha value is -0.950. The Kier molecular flexibility index (Phi) is 5.07. The van der Waals surface area contributed by atoms with E-state index in [1.165, 1.54) is 0 Å². The number of hydrogen-bond acceptors (Lipinski definition) is 3. The lowest BCUT2D eigenvalue weighted by Crippen LogP contribution is -2.30. The van der Waals surface area contributed by atoms with Crippen molar-refractivity contribution in [2.24, 2.45) is 5.73 Å². The zero-order chi connectivity index (χ0) is 13.0. The second kappa shape index (κ2) is 6.11. The number of carbonyl (C=O) groups excluding carboxylic acids is 1. The van der Waals surface area contributed by atoms with E-state index in [4.69, 9.17) is 11.1 Å². The molecule has 1 atom stereocenters. The van der Waals surface area contributed by atoms with Gasteiger partial charge >= 0.3 is 0 Å². The van der Waals surface area contributed by atoms with Crippen molar-refractivity contribution in [2.75, 3.05) is 0 Å². The number of benzene rings is 1. The number of rotatable bonds is 5. The van der Waals surface area contributed by atoms with Crippen LogP contribution < -0.4 is 11.1 Å². The molecular formula is C12H16IN3O. The van der Waals surface area contributed by atoms with Crippen molar-refractivity contribution >= 4 is 32.2 Å². The third-order valence-corrected chi connectivity index (χ3v) is 3.53. The van der Waals surface area contributed by atoms with Crippen molar-refractivity contribution in [3.8, 4) is 0 Å². The fraction of sp³-hybridized carbons (Fsp3) is 0.333. The van der Waals surface area contributed by atoms with Crippen molar-refractivity contribution in [1.82, 2.24) is 5.32 Å². The topological polar surface area (TPSA) is 79.0 Å². The van der Waals surface area contributed by atoms with Gasteiger partial charge in [0.05, 0.1) is 6.04 Å². The van der Waals surface area contributed by atoms with Gasteiger partial charge in [0.2, 0.25) is 3.79 Å². The molecule has 4 nitrogen and oxygen atoms in total. The van der Waals surface area contributed by atoms with E-state index in [0.29, 0.717) is 12.1 Å². The summed E-state index contributed by atoms with van der Waals surface area (Å²) in [6, 6.07) is 5.48. The third kappa shape index (κ3) is 4.08. The van der Waals surface area contributed by atoms with Gasteiger partial charge in [-0.3, -0.25) is 10.2 Å². The molecule has 1 aromatic rings. The van der Waals surface area contributed by atoms with E-state index in [9.17, 15) is 4.79 Å². The predicted octanol–water partition coefficient (Wildman–Crippen LogP) is 1.72. The summed E-state index contributed by atoms with van der Waals surface area (Å²) in [7, 11) is 0. The average molecular weight is 345 g/mol. The zero-order valence-corrected chi connectivity index (χ0v) is 12.0. The average Bonchev–Trinajstić information content (AvgIpc) is 2.26. The molecular weight excluding hydrogens is 329 g/mol. The number of aryl methyl sites for hydroxylation is 1. The highest BCUT2D eigenvalue weighted by Crippen LogP contribution is 2.11. The summed E-state index contributed by atoms with van der Waals surface area (Å²) in [6.45, 7) is 4.43. The minimum absolute atomic E-state index is 0.0595. The van der Waals surface area contributed by atoms with Gasteiger partial charge < -0.3 is 11.1 Å². The minimum Gasteiger partial charge on any atom is -0.384 e. The van der Waals surface area contributed by atoms with E-state index in [0.717, 1.165) is 11.1 Å².